The Morgan fingerprint density at radius 1 is 1.26 bits per heavy atom. The highest BCUT2D eigenvalue weighted by atomic mass is 79.9. The van der Waals surface area contributed by atoms with Crippen molar-refractivity contribution in [1.29, 1.82) is 0 Å². The first-order valence-corrected chi connectivity index (χ1v) is 7.86. The maximum Gasteiger partial charge on any atom is 0.241 e. The molecule has 1 amide bonds. The molecule has 0 fully saturated rings. The largest absolute Gasteiger partial charge is 0.396 e. The van der Waals surface area contributed by atoms with E-state index in [-0.39, 0.29) is 18.0 Å². The molecule has 0 saturated carbocycles. The number of amides is 1. The van der Waals surface area contributed by atoms with Gasteiger partial charge in [-0.1, -0.05) is 15.9 Å². The maximum absolute atomic E-state index is 11.8. The molecule has 0 saturated heterocycles. The molecule has 1 aromatic rings. The average Bonchev–Trinajstić information content (AvgIpc) is 2.37. The summed E-state index contributed by atoms with van der Waals surface area (Å²) in [5, 5.41) is 11.0. The van der Waals surface area contributed by atoms with E-state index in [4.69, 9.17) is 5.11 Å². The van der Waals surface area contributed by atoms with Crippen LogP contribution in [0.15, 0.2) is 33.6 Å². The third kappa shape index (κ3) is 5.68. The number of rotatable bonds is 7. The lowest BCUT2D eigenvalue weighted by Gasteiger charge is -2.07. The predicted octanol–water partition coefficient (Wildman–Crippen LogP) is 0.226. The van der Waals surface area contributed by atoms with Gasteiger partial charge in [-0.15, -0.1) is 0 Å². The van der Waals surface area contributed by atoms with Crippen LogP contribution in [0.25, 0.3) is 0 Å². The molecule has 0 aromatic heterocycles. The molecule has 0 unspecified atom stereocenters. The molecule has 0 heterocycles. The lowest BCUT2D eigenvalue weighted by molar-refractivity contribution is -0.119. The average molecular weight is 351 g/mol. The number of sulfonamides is 1. The van der Waals surface area contributed by atoms with Gasteiger partial charge < -0.3 is 10.4 Å². The summed E-state index contributed by atoms with van der Waals surface area (Å²) >= 11 is 3.21. The normalized spacial score (nSPS) is 11.3. The second-order valence-corrected chi connectivity index (χ2v) is 6.39. The van der Waals surface area contributed by atoms with Crippen molar-refractivity contribution < 1.29 is 18.3 Å². The van der Waals surface area contributed by atoms with Gasteiger partial charge in [-0.2, -0.15) is 0 Å². The first-order valence-electron chi connectivity index (χ1n) is 5.58. The van der Waals surface area contributed by atoms with E-state index in [1.54, 1.807) is 12.1 Å². The Kier molecular flexibility index (Phi) is 6.43. The maximum atomic E-state index is 11.8. The zero-order chi connectivity index (χ0) is 14.3. The highest BCUT2D eigenvalue weighted by Gasteiger charge is 2.14. The van der Waals surface area contributed by atoms with Crippen LogP contribution in [0, 0.1) is 0 Å². The van der Waals surface area contributed by atoms with Crippen molar-refractivity contribution >= 4 is 31.9 Å². The minimum Gasteiger partial charge on any atom is -0.396 e. The van der Waals surface area contributed by atoms with Gasteiger partial charge in [0, 0.05) is 17.6 Å². The van der Waals surface area contributed by atoms with Crippen molar-refractivity contribution in [3.8, 4) is 0 Å². The molecule has 6 nitrogen and oxygen atoms in total. The van der Waals surface area contributed by atoms with Crippen molar-refractivity contribution in [2.75, 3.05) is 19.7 Å². The van der Waals surface area contributed by atoms with Gasteiger partial charge in [-0.05, 0) is 30.7 Å². The summed E-state index contributed by atoms with van der Waals surface area (Å²) in [4.78, 5) is 11.4. The molecule has 0 radical (unpaired) electrons. The number of aliphatic hydroxyl groups is 1. The molecule has 0 aliphatic rings. The highest BCUT2D eigenvalue weighted by Crippen LogP contribution is 2.14. The third-order valence-corrected chi connectivity index (χ3v) is 4.15. The van der Waals surface area contributed by atoms with E-state index in [2.05, 4.69) is 26.0 Å². The standard InChI is InChI=1S/C11H15BrN2O4S/c12-9-2-4-10(5-3-9)19(17,18)14-8-11(16)13-6-1-7-15/h2-5,14-15H,1,6-8H2,(H,13,16). The van der Waals surface area contributed by atoms with Gasteiger partial charge >= 0.3 is 0 Å². The first kappa shape index (κ1) is 16.1. The Bertz CT molecular complexity index is 516. The molecule has 0 atom stereocenters. The van der Waals surface area contributed by atoms with Gasteiger partial charge in [0.15, 0.2) is 0 Å². The van der Waals surface area contributed by atoms with Crippen LogP contribution in [0.5, 0.6) is 0 Å². The number of halogens is 1. The van der Waals surface area contributed by atoms with Crippen molar-refractivity contribution in [2.24, 2.45) is 0 Å². The molecule has 0 spiro atoms. The Morgan fingerprint density at radius 3 is 2.47 bits per heavy atom. The molecular formula is C11H15BrN2O4S. The van der Waals surface area contributed by atoms with Gasteiger partial charge in [0.2, 0.25) is 15.9 Å². The second kappa shape index (κ2) is 7.59. The van der Waals surface area contributed by atoms with Crippen LogP contribution in [0.2, 0.25) is 0 Å². The zero-order valence-electron chi connectivity index (χ0n) is 10.1. The summed E-state index contributed by atoms with van der Waals surface area (Å²) < 4.78 is 26.6. The zero-order valence-corrected chi connectivity index (χ0v) is 12.5. The fourth-order valence-electron chi connectivity index (χ4n) is 1.23. The van der Waals surface area contributed by atoms with Crippen molar-refractivity contribution in [1.82, 2.24) is 10.0 Å². The minimum absolute atomic E-state index is 0.0229. The minimum atomic E-state index is -3.68. The molecule has 0 bridgehead atoms. The first-order chi connectivity index (χ1) is 8.95. The molecule has 0 aliphatic heterocycles. The summed E-state index contributed by atoms with van der Waals surface area (Å²) in [6.45, 7) is -0.0376. The van der Waals surface area contributed by atoms with Gasteiger partial charge in [0.05, 0.1) is 11.4 Å². The lowest BCUT2D eigenvalue weighted by Crippen LogP contribution is -2.37. The lowest BCUT2D eigenvalue weighted by atomic mass is 10.4. The number of aliphatic hydroxyl groups excluding tert-OH is 1. The van der Waals surface area contributed by atoms with Crippen LogP contribution in [0.1, 0.15) is 6.42 Å². The summed E-state index contributed by atoms with van der Waals surface area (Å²) in [5.74, 6) is -0.436. The van der Waals surface area contributed by atoms with E-state index in [0.717, 1.165) is 4.47 Å². The summed E-state index contributed by atoms with van der Waals surface area (Å²) in [6.07, 6.45) is 0.436. The van der Waals surface area contributed by atoms with E-state index in [1.807, 2.05) is 0 Å². The molecule has 3 N–H and O–H groups in total. The van der Waals surface area contributed by atoms with E-state index in [1.165, 1.54) is 12.1 Å². The van der Waals surface area contributed by atoms with E-state index >= 15 is 0 Å². The van der Waals surface area contributed by atoms with Crippen LogP contribution >= 0.6 is 15.9 Å². The number of benzene rings is 1. The molecule has 19 heavy (non-hydrogen) atoms. The molecule has 0 aliphatic carbocycles. The van der Waals surface area contributed by atoms with Crippen molar-refractivity contribution in [3.63, 3.8) is 0 Å². The van der Waals surface area contributed by atoms with Crippen LogP contribution < -0.4 is 10.0 Å². The molecule has 8 heteroatoms. The van der Waals surface area contributed by atoms with E-state index in [0.29, 0.717) is 13.0 Å². The molecular weight excluding hydrogens is 336 g/mol. The third-order valence-electron chi connectivity index (χ3n) is 2.20. The Labute approximate surface area is 120 Å². The van der Waals surface area contributed by atoms with Crippen LogP contribution in [-0.4, -0.2) is 39.1 Å². The van der Waals surface area contributed by atoms with Crippen molar-refractivity contribution in [3.05, 3.63) is 28.7 Å². The topological polar surface area (TPSA) is 95.5 Å². The van der Waals surface area contributed by atoms with Crippen molar-refractivity contribution in [2.45, 2.75) is 11.3 Å². The quantitative estimate of drug-likeness (QED) is 0.613. The Balaban J connectivity index is 2.51. The fourth-order valence-corrected chi connectivity index (χ4v) is 2.47. The number of carbonyl (C=O) groups is 1. The van der Waals surface area contributed by atoms with Gasteiger partial charge in [-0.25, -0.2) is 13.1 Å². The van der Waals surface area contributed by atoms with E-state index < -0.39 is 15.9 Å². The Hall–Kier alpha value is -0.960. The summed E-state index contributed by atoms with van der Waals surface area (Å²) in [7, 11) is -3.68. The second-order valence-electron chi connectivity index (χ2n) is 3.71. The molecule has 1 rings (SSSR count). The number of nitrogens with one attached hydrogen (secondary N) is 2. The number of hydrogen-bond acceptors (Lipinski definition) is 4. The predicted molar refractivity (Wildman–Crippen MR) is 74.0 cm³/mol. The van der Waals surface area contributed by atoms with Gasteiger partial charge in [0.1, 0.15) is 0 Å². The smallest absolute Gasteiger partial charge is 0.241 e. The van der Waals surface area contributed by atoms with Crippen LogP contribution in [-0.2, 0) is 14.8 Å². The monoisotopic (exact) mass is 350 g/mol. The number of hydrogen-bond donors (Lipinski definition) is 3. The SMILES string of the molecule is O=C(CNS(=O)(=O)c1ccc(Br)cc1)NCCCO. The fraction of sp³-hybridized carbons (Fsp3) is 0.364. The van der Waals surface area contributed by atoms with Crippen LogP contribution in [0.3, 0.4) is 0 Å². The van der Waals surface area contributed by atoms with Crippen LogP contribution in [0.4, 0.5) is 0 Å². The van der Waals surface area contributed by atoms with E-state index in [9.17, 15) is 13.2 Å². The highest BCUT2D eigenvalue weighted by molar-refractivity contribution is 9.10. The molecule has 106 valence electrons. The summed E-state index contributed by atoms with van der Waals surface area (Å²) in [6, 6.07) is 6.10. The van der Waals surface area contributed by atoms with Gasteiger partial charge in [0.25, 0.3) is 0 Å². The molecule has 1 aromatic carbocycles. The number of carbonyl (C=O) groups excluding carboxylic acids is 1. The summed E-state index contributed by atoms with van der Waals surface area (Å²) in [5.41, 5.74) is 0. The Morgan fingerprint density at radius 2 is 1.89 bits per heavy atom. The van der Waals surface area contributed by atoms with Gasteiger partial charge in [-0.3, -0.25) is 4.79 Å².